The molecule has 3 nitrogen and oxygen atoms in total. The van der Waals surface area contributed by atoms with Crippen molar-refractivity contribution in [3.63, 3.8) is 0 Å². The first-order valence-corrected chi connectivity index (χ1v) is 9.41. The minimum Gasteiger partial charge on any atom is -0.423 e. The second kappa shape index (κ2) is 6.61. The van der Waals surface area contributed by atoms with E-state index in [-0.39, 0.29) is 16.6 Å². The van der Waals surface area contributed by atoms with Gasteiger partial charge in [0, 0.05) is 33.9 Å². The number of hydrogen-bond donors (Lipinski definition) is 0. The number of hydrogen-bond acceptors (Lipinski definition) is 3. The Balaban J connectivity index is 2.17. The van der Waals surface area contributed by atoms with Crippen LogP contribution in [0.4, 0.5) is 0 Å². The molecule has 3 heteroatoms. The van der Waals surface area contributed by atoms with Gasteiger partial charge in [-0.15, -0.1) is 5.73 Å². The lowest BCUT2D eigenvalue weighted by Gasteiger charge is -2.31. The number of esters is 1. The average Bonchev–Trinajstić information content (AvgIpc) is 3.10. The molecular formula is C25H26O3. The van der Waals surface area contributed by atoms with E-state index in [0.717, 1.165) is 39.5 Å². The number of ketones is 1. The minimum atomic E-state index is -0.486. The van der Waals surface area contributed by atoms with Crippen LogP contribution in [-0.2, 0) is 14.3 Å². The molecule has 0 radical (unpaired) electrons. The topological polar surface area (TPSA) is 43.4 Å². The molecule has 3 rings (SSSR count). The number of ether oxygens (including phenoxy) is 1. The van der Waals surface area contributed by atoms with Gasteiger partial charge in [0.15, 0.2) is 5.78 Å². The predicted octanol–water partition coefficient (Wildman–Crippen LogP) is 5.46. The Kier molecular flexibility index (Phi) is 4.69. The SMILES string of the molecule is C=CC(=O)OC1=C2C=CC(=C1)C2=C=C1C=C(C(C)(C)C)C(=O)C(C(C)(C)C)=C1. The van der Waals surface area contributed by atoms with Crippen LogP contribution in [-0.4, -0.2) is 11.8 Å². The van der Waals surface area contributed by atoms with E-state index in [4.69, 9.17) is 4.74 Å². The summed E-state index contributed by atoms with van der Waals surface area (Å²) in [7, 11) is 0. The Bertz CT molecular complexity index is 977. The molecule has 3 aliphatic rings. The van der Waals surface area contributed by atoms with Gasteiger partial charge >= 0.3 is 5.97 Å². The van der Waals surface area contributed by atoms with Gasteiger partial charge in [-0.25, -0.2) is 4.79 Å². The second-order valence-corrected chi connectivity index (χ2v) is 9.24. The van der Waals surface area contributed by atoms with E-state index >= 15 is 0 Å². The fourth-order valence-corrected chi connectivity index (χ4v) is 3.37. The summed E-state index contributed by atoms with van der Waals surface area (Å²) in [6.07, 6.45) is 10.7. The Labute approximate surface area is 166 Å². The summed E-state index contributed by atoms with van der Waals surface area (Å²) in [5, 5.41) is 0. The summed E-state index contributed by atoms with van der Waals surface area (Å²) >= 11 is 0. The quantitative estimate of drug-likeness (QED) is 0.366. The Morgan fingerprint density at radius 3 is 2.07 bits per heavy atom. The zero-order valence-electron chi connectivity index (χ0n) is 17.4. The van der Waals surface area contributed by atoms with Crippen molar-refractivity contribution in [2.24, 2.45) is 10.8 Å². The van der Waals surface area contributed by atoms with Crippen molar-refractivity contribution in [3.05, 3.63) is 88.0 Å². The normalized spacial score (nSPS) is 18.8. The fourth-order valence-electron chi connectivity index (χ4n) is 3.37. The van der Waals surface area contributed by atoms with Crippen LogP contribution < -0.4 is 0 Å². The van der Waals surface area contributed by atoms with Crippen molar-refractivity contribution < 1.29 is 14.3 Å². The molecule has 0 saturated carbocycles. The molecule has 28 heavy (non-hydrogen) atoms. The van der Waals surface area contributed by atoms with Crippen LogP contribution in [0.1, 0.15) is 41.5 Å². The van der Waals surface area contributed by atoms with E-state index in [1.807, 2.05) is 71.9 Å². The smallest absolute Gasteiger partial charge is 0.335 e. The Hall–Kier alpha value is -2.90. The van der Waals surface area contributed by atoms with Crippen molar-refractivity contribution in [2.75, 3.05) is 0 Å². The van der Waals surface area contributed by atoms with E-state index in [9.17, 15) is 9.59 Å². The lowest BCUT2D eigenvalue weighted by atomic mass is 9.72. The van der Waals surface area contributed by atoms with Gasteiger partial charge in [0.1, 0.15) is 5.76 Å². The van der Waals surface area contributed by atoms with Crippen molar-refractivity contribution in [2.45, 2.75) is 41.5 Å². The van der Waals surface area contributed by atoms with Crippen LogP contribution in [0.2, 0.25) is 0 Å². The van der Waals surface area contributed by atoms with Crippen LogP contribution >= 0.6 is 0 Å². The molecule has 0 aromatic heterocycles. The van der Waals surface area contributed by atoms with Gasteiger partial charge in [-0.2, -0.15) is 0 Å². The van der Waals surface area contributed by atoms with Crippen LogP contribution in [0.3, 0.4) is 0 Å². The second-order valence-electron chi connectivity index (χ2n) is 9.24. The van der Waals surface area contributed by atoms with Crippen molar-refractivity contribution in [1.29, 1.82) is 0 Å². The highest BCUT2D eigenvalue weighted by Crippen LogP contribution is 2.41. The zero-order valence-corrected chi connectivity index (χ0v) is 17.4. The molecule has 0 saturated heterocycles. The first-order valence-electron chi connectivity index (χ1n) is 9.41. The van der Waals surface area contributed by atoms with E-state index in [0.29, 0.717) is 5.76 Å². The summed E-state index contributed by atoms with van der Waals surface area (Å²) in [5.74, 6) is 0.125. The van der Waals surface area contributed by atoms with Crippen LogP contribution in [0.5, 0.6) is 0 Å². The van der Waals surface area contributed by atoms with Crippen LogP contribution in [0.25, 0.3) is 0 Å². The lowest BCUT2D eigenvalue weighted by molar-refractivity contribution is -0.133. The maximum atomic E-state index is 13.1. The molecule has 2 bridgehead atoms. The first-order chi connectivity index (χ1) is 12.9. The number of fused-ring (bicyclic) bond motifs is 2. The summed E-state index contributed by atoms with van der Waals surface area (Å²) in [4.78, 5) is 24.6. The summed E-state index contributed by atoms with van der Waals surface area (Å²) in [6.45, 7) is 15.7. The highest BCUT2D eigenvalue weighted by molar-refractivity contribution is 6.11. The fraction of sp³-hybridized carbons (Fsp3) is 0.320. The molecule has 0 heterocycles. The third kappa shape index (κ3) is 3.58. The van der Waals surface area contributed by atoms with E-state index in [2.05, 4.69) is 12.3 Å². The number of allylic oxidation sites excluding steroid dienone is 10. The van der Waals surface area contributed by atoms with Crippen molar-refractivity contribution in [1.82, 2.24) is 0 Å². The van der Waals surface area contributed by atoms with Gasteiger partial charge in [-0.05, 0) is 40.7 Å². The maximum absolute atomic E-state index is 13.1. The highest BCUT2D eigenvalue weighted by atomic mass is 16.5. The van der Waals surface area contributed by atoms with Gasteiger partial charge in [-0.1, -0.05) is 54.2 Å². The molecule has 0 spiro atoms. The van der Waals surface area contributed by atoms with Crippen molar-refractivity contribution in [3.8, 4) is 0 Å². The third-order valence-corrected chi connectivity index (χ3v) is 4.89. The largest absolute Gasteiger partial charge is 0.423 e. The summed E-state index contributed by atoms with van der Waals surface area (Å²) < 4.78 is 5.32. The van der Waals surface area contributed by atoms with E-state index < -0.39 is 5.97 Å². The first kappa shape index (κ1) is 19.9. The van der Waals surface area contributed by atoms with Gasteiger partial charge in [-0.3, -0.25) is 4.79 Å². The average molecular weight is 374 g/mol. The number of Topliss-reactive ketones (excluding diaryl/α,β-unsaturated/α-hetero) is 1. The van der Waals surface area contributed by atoms with Gasteiger partial charge < -0.3 is 4.74 Å². The van der Waals surface area contributed by atoms with Crippen LogP contribution in [0, 0.1) is 10.8 Å². The minimum absolute atomic E-state index is 0.0992. The monoisotopic (exact) mass is 374 g/mol. The summed E-state index contributed by atoms with van der Waals surface area (Å²) in [5.41, 5.74) is 7.98. The van der Waals surface area contributed by atoms with Crippen LogP contribution in [0.15, 0.2) is 88.0 Å². The van der Waals surface area contributed by atoms with Crippen molar-refractivity contribution >= 4 is 11.8 Å². The highest BCUT2D eigenvalue weighted by Gasteiger charge is 2.34. The summed E-state index contributed by atoms with van der Waals surface area (Å²) in [6, 6.07) is 0. The van der Waals surface area contributed by atoms with Gasteiger partial charge in [0.05, 0.1) is 0 Å². The molecule has 144 valence electrons. The van der Waals surface area contributed by atoms with E-state index in [1.165, 1.54) is 0 Å². The Morgan fingerprint density at radius 1 is 1.00 bits per heavy atom. The molecular weight excluding hydrogens is 348 g/mol. The molecule has 0 aromatic rings. The predicted molar refractivity (Wildman–Crippen MR) is 111 cm³/mol. The molecule has 0 amide bonds. The molecule has 0 N–H and O–H groups in total. The zero-order chi connectivity index (χ0) is 20.9. The third-order valence-electron chi connectivity index (χ3n) is 4.89. The maximum Gasteiger partial charge on any atom is 0.335 e. The molecule has 3 aliphatic carbocycles. The molecule has 0 aromatic carbocycles. The molecule has 0 aliphatic heterocycles. The van der Waals surface area contributed by atoms with Gasteiger partial charge in [0.2, 0.25) is 0 Å². The number of rotatable bonds is 2. The number of carbonyl (C=O) groups is 2. The molecule has 0 atom stereocenters. The standard InChI is InChI=1S/C25H26O3/c1-8-22(26)28-21-14-16-9-10-17(21)18(16)11-15-12-19(24(2,3)4)23(27)20(13-15)25(5,6)7/h8-10,12-14H,1H2,2-7H3. The molecule has 0 fully saturated rings. The Morgan fingerprint density at radius 2 is 1.57 bits per heavy atom. The molecule has 0 unspecified atom stereocenters. The number of carbonyl (C=O) groups excluding carboxylic acids is 2. The lowest BCUT2D eigenvalue weighted by Crippen LogP contribution is -2.27. The van der Waals surface area contributed by atoms with Gasteiger partial charge in [0.25, 0.3) is 0 Å². The van der Waals surface area contributed by atoms with E-state index in [1.54, 1.807) is 0 Å².